The van der Waals surface area contributed by atoms with Gasteiger partial charge in [-0.25, -0.2) is 15.1 Å². The van der Waals surface area contributed by atoms with E-state index in [1.165, 1.54) is 5.56 Å². The van der Waals surface area contributed by atoms with Crippen LogP contribution in [0.1, 0.15) is 5.56 Å². The van der Waals surface area contributed by atoms with Gasteiger partial charge in [0.25, 0.3) is 5.56 Å². The van der Waals surface area contributed by atoms with E-state index < -0.39 is 0 Å². The number of nitrogens with one attached hydrogen (secondary N) is 1. The van der Waals surface area contributed by atoms with Gasteiger partial charge < -0.3 is 9.80 Å². The zero-order valence-electron chi connectivity index (χ0n) is 12.9. The minimum Gasteiger partial charge on any atom is -0.366 e. The van der Waals surface area contributed by atoms with Crippen molar-refractivity contribution in [3.05, 3.63) is 39.9 Å². The molecule has 0 bridgehead atoms. The maximum Gasteiger partial charge on any atom is 0.266 e. The van der Waals surface area contributed by atoms with Crippen LogP contribution in [0.4, 0.5) is 11.5 Å². The average Bonchev–Trinajstić information content (AvgIpc) is 2.87. The van der Waals surface area contributed by atoms with Gasteiger partial charge in [-0.1, -0.05) is 0 Å². The molecule has 0 aliphatic carbocycles. The molecule has 0 unspecified atom stereocenters. The van der Waals surface area contributed by atoms with Gasteiger partial charge in [-0.2, -0.15) is 5.10 Å². The van der Waals surface area contributed by atoms with Crippen molar-refractivity contribution in [1.82, 2.24) is 20.2 Å². The Kier molecular flexibility index (Phi) is 3.26. The molecule has 0 aromatic carbocycles. The molecule has 8 heteroatoms. The molecule has 0 atom stereocenters. The molecule has 118 valence electrons. The number of aromatic amines is 1. The minimum atomic E-state index is -0.175. The Morgan fingerprint density at radius 3 is 3.00 bits per heavy atom. The van der Waals surface area contributed by atoms with Crippen molar-refractivity contribution >= 4 is 33.1 Å². The number of nitrogens with zero attached hydrogens (tertiary/aromatic N) is 5. The fraction of sp³-hybridized carbons (Fsp3) is 0.333. The summed E-state index contributed by atoms with van der Waals surface area (Å²) in [6.45, 7) is 3.76. The minimum absolute atomic E-state index is 0.175. The third kappa shape index (κ3) is 2.35. The fourth-order valence-corrected chi connectivity index (χ4v) is 3.86. The summed E-state index contributed by atoms with van der Waals surface area (Å²) in [5.41, 5.74) is 2.90. The Morgan fingerprint density at radius 1 is 1.39 bits per heavy atom. The molecule has 4 rings (SSSR count). The Morgan fingerprint density at radius 2 is 2.22 bits per heavy atom. The molecular formula is C15H16N6OS. The van der Waals surface area contributed by atoms with E-state index in [-0.39, 0.29) is 5.56 Å². The molecule has 1 fully saturated rings. The van der Waals surface area contributed by atoms with E-state index in [1.807, 2.05) is 0 Å². The maximum absolute atomic E-state index is 11.3. The number of aryl methyl sites for hydroxylation is 1. The van der Waals surface area contributed by atoms with E-state index in [4.69, 9.17) is 0 Å². The van der Waals surface area contributed by atoms with Crippen LogP contribution in [-0.4, -0.2) is 46.3 Å². The monoisotopic (exact) mass is 328 g/mol. The molecule has 3 aromatic heterocycles. The second kappa shape index (κ2) is 5.31. The molecule has 0 saturated carbocycles. The lowest BCUT2D eigenvalue weighted by molar-refractivity contribution is 0.493. The van der Waals surface area contributed by atoms with Gasteiger partial charge in [0.05, 0.1) is 28.1 Å². The summed E-state index contributed by atoms with van der Waals surface area (Å²) in [4.78, 5) is 24.5. The van der Waals surface area contributed by atoms with Gasteiger partial charge in [0.15, 0.2) is 0 Å². The number of thiophene rings is 1. The Balaban J connectivity index is 1.55. The number of anilines is 2. The Labute approximate surface area is 136 Å². The summed E-state index contributed by atoms with van der Waals surface area (Å²) in [5, 5.41) is 8.36. The van der Waals surface area contributed by atoms with Crippen molar-refractivity contribution in [2.45, 2.75) is 13.0 Å². The highest BCUT2D eigenvalue weighted by Crippen LogP contribution is 2.32. The normalized spacial score (nSPS) is 15.0. The lowest BCUT2D eigenvalue weighted by Crippen LogP contribution is -2.59. The van der Waals surface area contributed by atoms with Crippen LogP contribution in [0.3, 0.4) is 0 Å². The molecule has 0 radical (unpaired) electrons. The summed E-state index contributed by atoms with van der Waals surface area (Å²) in [6.07, 6.45) is 3.31. The number of likely N-dealkylation sites (N-methyl/N-ethyl adjacent to an activating group) is 1. The second-order valence-corrected chi connectivity index (χ2v) is 6.65. The molecule has 1 N–H and O–H groups in total. The highest BCUT2D eigenvalue weighted by Gasteiger charge is 2.32. The van der Waals surface area contributed by atoms with Gasteiger partial charge in [0.1, 0.15) is 12.1 Å². The number of H-pyrrole nitrogens is 1. The zero-order valence-corrected chi connectivity index (χ0v) is 13.7. The van der Waals surface area contributed by atoms with E-state index in [0.717, 1.165) is 34.8 Å². The zero-order chi connectivity index (χ0) is 16.0. The Bertz CT molecular complexity index is 913. The van der Waals surface area contributed by atoms with Crippen molar-refractivity contribution in [3.8, 4) is 0 Å². The van der Waals surface area contributed by atoms with Crippen LogP contribution in [0.5, 0.6) is 0 Å². The van der Waals surface area contributed by atoms with E-state index in [2.05, 4.69) is 49.3 Å². The van der Waals surface area contributed by atoms with Crippen LogP contribution >= 0.6 is 11.3 Å². The molecule has 1 aliphatic heterocycles. The van der Waals surface area contributed by atoms with E-state index in [1.54, 1.807) is 29.9 Å². The summed E-state index contributed by atoms with van der Waals surface area (Å²) >= 11 is 1.68. The highest BCUT2D eigenvalue weighted by atomic mass is 32.1. The summed E-state index contributed by atoms with van der Waals surface area (Å²) in [7, 11) is 2.06. The van der Waals surface area contributed by atoms with Gasteiger partial charge in [-0.05, 0) is 17.9 Å². The van der Waals surface area contributed by atoms with Crippen LogP contribution in [-0.2, 0) is 0 Å². The largest absolute Gasteiger partial charge is 0.366 e. The highest BCUT2D eigenvalue weighted by molar-refractivity contribution is 7.18. The van der Waals surface area contributed by atoms with Crippen molar-refractivity contribution in [2.24, 2.45) is 0 Å². The van der Waals surface area contributed by atoms with Crippen LogP contribution < -0.4 is 15.4 Å². The first-order valence-corrected chi connectivity index (χ1v) is 8.23. The molecule has 3 aromatic rings. The fourth-order valence-electron chi connectivity index (χ4n) is 2.83. The van der Waals surface area contributed by atoms with Gasteiger partial charge in [0, 0.05) is 26.2 Å². The molecule has 0 spiro atoms. The summed E-state index contributed by atoms with van der Waals surface area (Å²) in [5.74, 6) is 0.974. The van der Waals surface area contributed by atoms with Gasteiger partial charge >= 0.3 is 0 Å². The first-order chi connectivity index (χ1) is 11.1. The molecule has 1 saturated heterocycles. The predicted octanol–water partition coefficient (Wildman–Crippen LogP) is 1.41. The number of rotatable bonds is 3. The topological polar surface area (TPSA) is 78.0 Å². The van der Waals surface area contributed by atoms with Crippen molar-refractivity contribution in [2.75, 3.05) is 29.9 Å². The van der Waals surface area contributed by atoms with E-state index >= 15 is 0 Å². The molecular weight excluding hydrogens is 312 g/mol. The number of hydrogen-bond donors (Lipinski definition) is 1. The number of hydrogen-bond acceptors (Lipinski definition) is 7. The van der Waals surface area contributed by atoms with Crippen molar-refractivity contribution in [1.29, 1.82) is 0 Å². The molecule has 1 aliphatic rings. The number of fused-ring (bicyclic) bond motifs is 1. The second-order valence-electron chi connectivity index (χ2n) is 5.77. The quantitative estimate of drug-likeness (QED) is 0.783. The maximum atomic E-state index is 11.3. The van der Waals surface area contributed by atoms with Crippen molar-refractivity contribution in [3.63, 3.8) is 0 Å². The third-order valence-electron chi connectivity index (χ3n) is 4.27. The van der Waals surface area contributed by atoms with Crippen LogP contribution in [0.2, 0.25) is 0 Å². The van der Waals surface area contributed by atoms with Crippen LogP contribution in [0.15, 0.2) is 28.8 Å². The lowest BCUT2D eigenvalue weighted by Gasteiger charge is -2.45. The van der Waals surface area contributed by atoms with Gasteiger partial charge in [-0.3, -0.25) is 4.79 Å². The number of aromatic nitrogens is 4. The van der Waals surface area contributed by atoms with Crippen LogP contribution in [0.25, 0.3) is 10.2 Å². The predicted molar refractivity (Wildman–Crippen MR) is 91.4 cm³/mol. The smallest absolute Gasteiger partial charge is 0.266 e. The third-order valence-corrected chi connectivity index (χ3v) is 5.35. The molecule has 23 heavy (non-hydrogen) atoms. The first kappa shape index (κ1) is 14.1. The van der Waals surface area contributed by atoms with Gasteiger partial charge in [0.2, 0.25) is 0 Å². The molecule has 4 heterocycles. The molecule has 0 amide bonds. The van der Waals surface area contributed by atoms with E-state index in [0.29, 0.717) is 6.04 Å². The van der Waals surface area contributed by atoms with E-state index in [9.17, 15) is 4.79 Å². The standard InChI is InChI=1S/C15H16N6OS/c1-9-7-23-14-13(9)16-8-17-15(14)20(2)11-5-21(6-11)10-3-12(22)19-18-4-10/h3-4,7-8,11H,5-6H2,1-2H3,(H,19,22). The van der Waals surface area contributed by atoms with Crippen molar-refractivity contribution < 1.29 is 0 Å². The van der Waals surface area contributed by atoms with Gasteiger partial charge in [-0.15, -0.1) is 11.3 Å². The lowest BCUT2D eigenvalue weighted by atomic mass is 10.1. The summed E-state index contributed by atoms with van der Waals surface area (Å²) in [6, 6.07) is 1.93. The SMILES string of the molecule is Cc1csc2c(N(C)C3CN(c4cn[nH]c(=O)c4)C3)ncnc12. The average molecular weight is 328 g/mol. The first-order valence-electron chi connectivity index (χ1n) is 7.35. The summed E-state index contributed by atoms with van der Waals surface area (Å²) < 4.78 is 1.13. The molecule has 7 nitrogen and oxygen atoms in total. The van der Waals surface area contributed by atoms with Crippen LogP contribution in [0, 0.1) is 6.92 Å². The Hall–Kier alpha value is -2.48.